The third kappa shape index (κ3) is 3.71. The largest absolute Gasteiger partial charge is 0.294 e. The van der Waals surface area contributed by atoms with Crippen LogP contribution in [0.4, 0.5) is 0 Å². The maximum Gasteiger partial charge on any atom is 0.163 e. The Kier molecular flexibility index (Phi) is 4.89. The van der Waals surface area contributed by atoms with Crippen molar-refractivity contribution in [3.63, 3.8) is 0 Å². The van der Waals surface area contributed by atoms with Crippen LogP contribution in [-0.4, -0.2) is 11.5 Å². The lowest BCUT2D eigenvalue weighted by atomic mass is 10.1. The monoisotopic (exact) mass is 222 g/mol. The smallest absolute Gasteiger partial charge is 0.163 e. The van der Waals surface area contributed by atoms with Crippen LogP contribution in [0.1, 0.15) is 37.6 Å². The van der Waals surface area contributed by atoms with E-state index in [0.717, 1.165) is 16.2 Å². The Labute approximate surface area is 96.3 Å². The lowest BCUT2D eigenvalue weighted by Crippen LogP contribution is -2.00. The van der Waals surface area contributed by atoms with Crippen LogP contribution in [0.25, 0.3) is 0 Å². The molecule has 0 aromatic heterocycles. The van der Waals surface area contributed by atoms with Crippen LogP contribution in [0.3, 0.4) is 0 Å². The number of carbonyl (C=O) groups excluding carboxylic acids is 1. The van der Waals surface area contributed by atoms with Crippen molar-refractivity contribution in [2.75, 3.05) is 5.75 Å². The molecule has 0 fully saturated rings. The summed E-state index contributed by atoms with van der Waals surface area (Å²) in [7, 11) is 0. The fourth-order valence-corrected chi connectivity index (χ4v) is 2.29. The molecule has 1 aromatic rings. The molecule has 82 valence electrons. The van der Waals surface area contributed by atoms with Gasteiger partial charge < -0.3 is 0 Å². The first-order valence-electron chi connectivity index (χ1n) is 5.40. The highest BCUT2D eigenvalue weighted by Gasteiger charge is 2.09. The van der Waals surface area contributed by atoms with Gasteiger partial charge in [0.2, 0.25) is 0 Å². The molecule has 0 saturated carbocycles. The average molecular weight is 222 g/mol. The normalized spacial score (nSPS) is 10.7. The molecule has 0 saturated heterocycles. The molecule has 0 aliphatic heterocycles. The number of thioether (sulfide) groups is 1. The second kappa shape index (κ2) is 5.96. The Bertz CT molecular complexity index is 331. The molecule has 0 aliphatic rings. The van der Waals surface area contributed by atoms with Gasteiger partial charge in [-0.2, -0.15) is 0 Å². The summed E-state index contributed by atoms with van der Waals surface area (Å²) in [4.78, 5) is 12.8. The maximum atomic E-state index is 11.7. The van der Waals surface area contributed by atoms with Crippen molar-refractivity contribution in [2.45, 2.75) is 32.1 Å². The zero-order valence-corrected chi connectivity index (χ0v) is 10.4. The Balaban J connectivity index is 2.81. The number of carbonyl (C=O) groups is 1. The summed E-state index contributed by atoms with van der Waals surface area (Å²) in [6, 6.07) is 7.89. The van der Waals surface area contributed by atoms with Gasteiger partial charge in [-0.25, -0.2) is 0 Å². The summed E-state index contributed by atoms with van der Waals surface area (Å²) in [5.41, 5.74) is 0.880. The van der Waals surface area contributed by atoms with Crippen molar-refractivity contribution < 1.29 is 4.79 Å². The number of Topliss-reactive ketones (excluding diaryl/α,β-unsaturated/α-hetero) is 1. The van der Waals surface area contributed by atoms with E-state index in [4.69, 9.17) is 0 Å². The molecule has 1 aromatic carbocycles. The highest BCUT2D eigenvalue weighted by molar-refractivity contribution is 7.99. The third-order valence-corrected chi connectivity index (χ3v) is 3.58. The van der Waals surface area contributed by atoms with E-state index in [2.05, 4.69) is 13.8 Å². The molecule has 0 atom stereocenters. The molecule has 0 bridgehead atoms. The number of hydrogen-bond donors (Lipinski definition) is 0. The van der Waals surface area contributed by atoms with Gasteiger partial charge in [0, 0.05) is 22.6 Å². The summed E-state index contributed by atoms with van der Waals surface area (Å²) >= 11 is 1.78. The number of hydrogen-bond acceptors (Lipinski definition) is 2. The van der Waals surface area contributed by atoms with Crippen LogP contribution in [-0.2, 0) is 0 Å². The van der Waals surface area contributed by atoms with E-state index >= 15 is 0 Å². The summed E-state index contributed by atoms with van der Waals surface area (Å²) in [5.74, 6) is 1.95. The third-order valence-electron chi connectivity index (χ3n) is 2.08. The molecule has 1 rings (SSSR count). The first kappa shape index (κ1) is 12.3. The number of rotatable bonds is 5. The quantitative estimate of drug-likeness (QED) is 0.552. The number of ketones is 1. The van der Waals surface area contributed by atoms with Gasteiger partial charge in [-0.3, -0.25) is 4.79 Å². The van der Waals surface area contributed by atoms with Gasteiger partial charge in [-0.1, -0.05) is 39.0 Å². The molecule has 0 aliphatic carbocycles. The SMILES string of the molecule is CCC(=O)c1ccccc1SCC(C)C. The zero-order chi connectivity index (χ0) is 11.3. The van der Waals surface area contributed by atoms with Crippen LogP contribution < -0.4 is 0 Å². The van der Waals surface area contributed by atoms with Gasteiger partial charge in [-0.15, -0.1) is 11.8 Å². The lowest BCUT2D eigenvalue weighted by molar-refractivity contribution is 0.0985. The Morgan fingerprint density at radius 1 is 1.33 bits per heavy atom. The minimum atomic E-state index is 0.238. The molecular formula is C13H18OS. The van der Waals surface area contributed by atoms with E-state index in [1.165, 1.54) is 0 Å². The molecule has 1 nitrogen and oxygen atoms in total. The van der Waals surface area contributed by atoms with Gasteiger partial charge in [0.1, 0.15) is 0 Å². The van der Waals surface area contributed by atoms with Gasteiger partial charge in [0.25, 0.3) is 0 Å². The molecule has 0 radical (unpaired) electrons. The van der Waals surface area contributed by atoms with Crippen molar-refractivity contribution in [2.24, 2.45) is 5.92 Å². The predicted molar refractivity (Wildman–Crippen MR) is 66.6 cm³/mol. The van der Waals surface area contributed by atoms with Gasteiger partial charge >= 0.3 is 0 Å². The first-order valence-corrected chi connectivity index (χ1v) is 6.38. The molecule has 0 N–H and O–H groups in total. The minimum absolute atomic E-state index is 0.238. The van der Waals surface area contributed by atoms with Crippen LogP contribution >= 0.6 is 11.8 Å². The average Bonchev–Trinajstić information content (AvgIpc) is 2.25. The second-order valence-corrected chi connectivity index (χ2v) is 5.04. The maximum absolute atomic E-state index is 11.7. The van der Waals surface area contributed by atoms with Crippen LogP contribution in [0.5, 0.6) is 0 Å². The minimum Gasteiger partial charge on any atom is -0.294 e. The zero-order valence-electron chi connectivity index (χ0n) is 9.62. The molecular weight excluding hydrogens is 204 g/mol. The van der Waals surface area contributed by atoms with Crippen molar-refractivity contribution in [3.8, 4) is 0 Å². The van der Waals surface area contributed by atoms with Crippen LogP contribution in [0.15, 0.2) is 29.2 Å². The molecule has 0 amide bonds. The van der Waals surface area contributed by atoms with Crippen LogP contribution in [0, 0.1) is 5.92 Å². The standard InChI is InChI=1S/C13H18OS/c1-4-12(14)11-7-5-6-8-13(11)15-9-10(2)3/h5-8,10H,4,9H2,1-3H3. The molecule has 0 unspecified atom stereocenters. The Hall–Kier alpha value is -0.760. The molecule has 0 heterocycles. The van der Waals surface area contributed by atoms with Crippen molar-refractivity contribution in [1.82, 2.24) is 0 Å². The van der Waals surface area contributed by atoms with Gasteiger partial charge in [-0.05, 0) is 12.0 Å². The van der Waals surface area contributed by atoms with E-state index in [1.807, 2.05) is 31.2 Å². The van der Waals surface area contributed by atoms with Crippen molar-refractivity contribution >= 4 is 17.5 Å². The van der Waals surface area contributed by atoms with E-state index in [-0.39, 0.29) is 5.78 Å². The topological polar surface area (TPSA) is 17.1 Å². The molecule has 15 heavy (non-hydrogen) atoms. The van der Waals surface area contributed by atoms with E-state index < -0.39 is 0 Å². The highest BCUT2D eigenvalue weighted by atomic mass is 32.2. The number of benzene rings is 1. The first-order chi connectivity index (χ1) is 7.15. The fraction of sp³-hybridized carbons (Fsp3) is 0.462. The highest BCUT2D eigenvalue weighted by Crippen LogP contribution is 2.25. The van der Waals surface area contributed by atoms with E-state index in [1.54, 1.807) is 11.8 Å². The fourth-order valence-electron chi connectivity index (χ4n) is 1.27. The second-order valence-electron chi connectivity index (χ2n) is 3.98. The Morgan fingerprint density at radius 3 is 2.60 bits per heavy atom. The lowest BCUT2D eigenvalue weighted by Gasteiger charge is -2.08. The summed E-state index contributed by atoms with van der Waals surface area (Å²) < 4.78 is 0. The summed E-state index contributed by atoms with van der Waals surface area (Å²) in [6.45, 7) is 6.29. The molecule has 0 spiro atoms. The molecule has 2 heteroatoms. The van der Waals surface area contributed by atoms with Gasteiger partial charge in [0.05, 0.1) is 0 Å². The van der Waals surface area contributed by atoms with Crippen molar-refractivity contribution in [1.29, 1.82) is 0 Å². The summed E-state index contributed by atoms with van der Waals surface area (Å²) in [5, 5.41) is 0. The van der Waals surface area contributed by atoms with E-state index in [9.17, 15) is 4.79 Å². The van der Waals surface area contributed by atoms with Gasteiger partial charge in [0.15, 0.2) is 5.78 Å². The predicted octanol–water partition coefficient (Wildman–Crippen LogP) is 4.03. The Morgan fingerprint density at radius 2 is 2.00 bits per heavy atom. The van der Waals surface area contributed by atoms with E-state index in [0.29, 0.717) is 12.3 Å². The van der Waals surface area contributed by atoms with Crippen LogP contribution in [0.2, 0.25) is 0 Å². The van der Waals surface area contributed by atoms with Crippen molar-refractivity contribution in [3.05, 3.63) is 29.8 Å². The summed E-state index contributed by atoms with van der Waals surface area (Å²) in [6.07, 6.45) is 0.583.